The third kappa shape index (κ3) is 1.81. The molecule has 1 aromatic heterocycles. The fraction of sp³-hybridized carbons (Fsp3) is 0.167. The predicted octanol–water partition coefficient (Wildman–Crippen LogP) is 2.25. The topological polar surface area (TPSA) is 34.9 Å². The predicted molar refractivity (Wildman–Crippen MR) is 58.3 cm³/mol. The molecule has 76 valence electrons. The van der Waals surface area contributed by atoms with E-state index < -0.39 is 0 Å². The van der Waals surface area contributed by atoms with E-state index in [4.69, 9.17) is 0 Å². The molecule has 0 atom stereocenters. The van der Waals surface area contributed by atoms with Crippen molar-refractivity contribution in [1.29, 1.82) is 0 Å². The number of aldehydes is 1. The molecule has 0 amide bonds. The van der Waals surface area contributed by atoms with Crippen LogP contribution in [-0.2, 0) is 6.42 Å². The zero-order chi connectivity index (χ0) is 10.7. The van der Waals surface area contributed by atoms with Crippen molar-refractivity contribution in [1.82, 2.24) is 9.78 Å². The molecular formula is C12H12N2O. The molecule has 0 aliphatic rings. The smallest absolute Gasteiger partial charge is 0.152 e. The van der Waals surface area contributed by atoms with Crippen LogP contribution in [0.2, 0.25) is 0 Å². The quantitative estimate of drug-likeness (QED) is 0.712. The molecule has 0 aliphatic heterocycles. The highest BCUT2D eigenvalue weighted by Gasteiger charge is 2.03. The first-order valence-corrected chi connectivity index (χ1v) is 4.93. The minimum atomic E-state index is 0.656. The maximum Gasteiger partial charge on any atom is 0.152 e. The molecule has 3 heteroatoms. The Morgan fingerprint density at radius 3 is 2.87 bits per heavy atom. The summed E-state index contributed by atoms with van der Waals surface area (Å²) in [6, 6.07) is 7.42. The molecule has 0 bridgehead atoms. The Kier molecular flexibility index (Phi) is 2.63. The zero-order valence-electron chi connectivity index (χ0n) is 8.55. The average molecular weight is 200 g/mol. The molecule has 2 rings (SSSR count). The van der Waals surface area contributed by atoms with Crippen molar-refractivity contribution in [3.63, 3.8) is 0 Å². The van der Waals surface area contributed by atoms with Crippen molar-refractivity contribution in [2.45, 2.75) is 13.3 Å². The number of para-hydroxylation sites is 1. The summed E-state index contributed by atoms with van der Waals surface area (Å²) in [7, 11) is 0. The maximum atomic E-state index is 10.8. The number of carbonyl (C=O) groups is 1. The van der Waals surface area contributed by atoms with E-state index in [0.29, 0.717) is 5.56 Å². The van der Waals surface area contributed by atoms with Gasteiger partial charge in [-0.25, -0.2) is 4.68 Å². The fourth-order valence-electron chi connectivity index (χ4n) is 1.47. The Bertz CT molecular complexity index is 474. The van der Waals surface area contributed by atoms with E-state index >= 15 is 0 Å². The second-order valence-electron chi connectivity index (χ2n) is 3.32. The van der Waals surface area contributed by atoms with Gasteiger partial charge in [0.25, 0.3) is 0 Å². The normalized spacial score (nSPS) is 10.2. The van der Waals surface area contributed by atoms with Gasteiger partial charge in [0.05, 0.1) is 11.9 Å². The number of aryl methyl sites for hydroxylation is 1. The lowest BCUT2D eigenvalue weighted by Crippen LogP contribution is -1.98. The van der Waals surface area contributed by atoms with Gasteiger partial charge in [-0.1, -0.05) is 19.1 Å². The SMILES string of the molecule is CCc1cnn(-c2ccccc2C=O)c1. The lowest BCUT2D eigenvalue weighted by Gasteiger charge is -2.03. The summed E-state index contributed by atoms with van der Waals surface area (Å²) in [5.41, 5.74) is 2.64. The largest absolute Gasteiger partial charge is 0.298 e. The number of benzene rings is 1. The summed E-state index contributed by atoms with van der Waals surface area (Å²) < 4.78 is 1.74. The second kappa shape index (κ2) is 4.09. The fourth-order valence-corrected chi connectivity index (χ4v) is 1.47. The van der Waals surface area contributed by atoms with Gasteiger partial charge >= 0.3 is 0 Å². The van der Waals surface area contributed by atoms with E-state index in [1.54, 1.807) is 10.7 Å². The number of rotatable bonds is 3. The zero-order valence-corrected chi connectivity index (χ0v) is 8.55. The van der Waals surface area contributed by atoms with Crippen LogP contribution < -0.4 is 0 Å². The highest BCUT2D eigenvalue weighted by Crippen LogP contribution is 2.12. The Morgan fingerprint density at radius 1 is 1.40 bits per heavy atom. The molecule has 2 aromatic rings. The lowest BCUT2D eigenvalue weighted by atomic mass is 10.2. The van der Waals surface area contributed by atoms with Crippen molar-refractivity contribution in [2.75, 3.05) is 0 Å². The van der Waals surface area contributed by atoms with E-state index in [-0.39, 0.29) is 0 Å². The van der Waals surface area contributed by atoms with Crippen LogP contribution in [0.1, 0.15) is 22.8 Å². The Morgan fingerprint density at radius 2 is 2.20 bits per heavy atom. The molecule has 0 saturated heterocycles. The molecule has 1 aromatic carbocycles. The highest BCUT2D eigenvalue weighted by atomic mass is 16.1. The van der Waals surface area contributed by atoms with Crippen molar-refractivity contribution in [2.24, 2.45) is 0 Å². The van der Waals surface area contributed by atoms with Crippen LogP contribution in [-0.4, -0.2) is 16.1 Å². The van der Waals surface area contributed by atoms with Gasteiger partial charge in [0.1, 0.15) is 0 Å². The van der Waals surface area contributed by atoms with E-state index in [1.807, 2.05) is 30.6 Å². The van der Waals surface area contributed by atoms with Gasteiger partial charge < -0.3 is 0 Å². The van der Waals surface area contributed by atoms with Gasteiger partial charge in [-0.05, 0) is 24.1 Å². The molecule has 0 N–H and O–H groups in total. The van der Waals surface area contributed by atoms with E-state index in [9.17, 15) is 4.79 Å². The van der Waals surface area contributed by atoms with Gasteiger partial charge in [0.15, 0.2) is 6.29 Å². The maximum absolute atomic E-state index is 10.8. The first kappa shape index (κ1) is 9.65. The first-order valence-electron chi connectivity index (χ1n) is 4.93. The molecule has 15 heavy (non-hydrogen) atoms. The lowest BCUT2D eigenvalue weighted by molar-refractivity contribution is 0.112. The van der Waals surface area contributed by atoms with Crippen LogP contribution in [0.3, 0.4) is 0 Å². The van der Waals surface area contributed by atoms with Crippen LogP contribution in [0.5, 0.6) is 0 Å². The second-order valence-corrected chi connectivity index (χ2v) is 3.32. The minimum Gasteiger partial charge on any atom is -0.298 e. The molecule has 0 radical (unpaired) electrons. The molecule has 0 fully saturated rings. The third-order valence-electron chi connectivity index (χ3n) is 2.35. The minimum absolute atomic E-state index is 0.656. The molecule has 0 saturated carbocycles. The number of hydrogen-bond acceptors (Lipinski definition) is 2. The van der Waals surface area contributed by atoms with Crippen LogP contribution in [0.25, 0.3) is 5.69 Å². The summed E-state index contributed by atoms with van der Waals surface area (Å²) >= 11 is 0. The molecular weight excluding hydrogens is 188 g/mol. The van der Waals surface area contributed by atoms with Crippen molar-refractivity contribution in [3.05, 3.63) is 47.8 Å². The highest BCUT2D eigenvalue weighted by molar-refractivity contribution is 5.80. The summed E-state index contributed by atoms with van der Waals surface area (Å²) in [5.74, 6) is 0. The number of nitrogens with zero attached hydrogens (tertiary/aromatic N) is 2. The van der Waals surface area contributed by atoms with Gasteiger partial charge in [-0.2, -0.15) is 5.10 Å². The van der Waals surface area contributed by atoms with Crippen LogP contribution >= 0.6 is 0 Å². The number of carbonyl (C=O) groups excluding carboxylic acids is 1. The molecule has 0 spiro atoms. The Labute approximate surface area is 88.4 Å². The third-order valence-corrected chi connectivity index (χ3v) is 2.35. The number of aromatic nitrogens is 2. The van der Waals surface area contributed by atoms with Crippen molar-refractivity contribution >= 4 is 6.29 Å². The van der Waals surface area contributed by atoms with Crippen molar-refractivity contribution in [3.8, 4) is 5.69 Å². The number of hydrogen-bond donors (Lipinski definition) is 0. The Hall–Kier alpha value is -1.90. The van der Waals surface area contributed by atoms with Crippen LogP contribution in [0.4, 0.5) is 0 Å². The summed E-state index contributed by atoms with van der Waals surface area (Å²) in [6.45, 7) is 2.08. The standard InChI is InChI=1S/C12H12N2O/c1-2-10-7-13-14(8-10)12-6-4-3-5-11(12)9-15/h3-9H,2H2,1H3. The summed E-state index contributed by atoms with van der Waals surface area (Å²) in [4.78, 5) is 10.8. The van der Waals surface area contributed by atoms with Crippen LogP contribution in [0.15, 0.2) is 36.7 Å². The van der Waals surface area contributed by atoms with Gasteiger partial charge in [-0.15, -0.1) is 0 Å². The Balaban J connectivity index is 2.48. The first-order chi connectivity index (χ1) is 7.35. The molecule has 0 aliphatic carbocycles. The summed E-state index contributed by atoms with van der Waals surface area (Å²) in [5, 5.41) is 4.22. The van der Waals surface area contributed by atoms with E-state index in [0.717, 1.165) is 24.0 Å². The molecule has 3 nitrogen and oxygen atoms in total. The van der Waals surface area contributed by atoms with Gasteiger partial charge in [0, 0.05) is 11.8 Å². The van der Waals surface area contributed by atoms with Gasteiger partial charge in [-0.3, -0.25) is 4.79 Å². The average Bonchev–Trinajstić information content (AvgIpc) is 2.77. The monoisotopic (exact) mass is 200 g/mol. The molecule has 0 unspecified atom stereocenters. The molecule has 1 heterocycles. The van der Waals surface area contributed by atoms with E-state index in [1.165, 1.54) is 0 Å². The van der Waals surface area contributed by atoms with Crippen LogP contribution in [0, 0.1) is 0 Å². The summed E-state index contributed by atoms with van der Waals surface area (Å²) in [6.07, 6.45) is 5.57. The van der Waals surface area contributed by atoms with Gasteiger partial charge in [0.2, 0.25) is 0 Å². The van der Waals surface area contributed by atoms with Crippen molar-refractivity contribution < 1.29 is 4.79 Å². The van der Waals surface area contributed by atoms with E-state index in [2.05, 4.69) is 12.0 Å².